The molecule has 0 saturated heterocycles. The fourth-order valence-electron chi connectivity index (χ4n) is 1.36. The van der Waals surface area contributed by atoms with E-state index in [1.54, 1.807) is 0 Å². The molecule has 0 fully saturated rings. The largest absolute Gasteiger partial charge is 0.493 e. The van der Waals surface area contributed by atoms with Gasteiger partial charge in [-0.25, -0.2) is 0 Å². The molecule has 1 aromatic carbocycles. The minimum atomic E-state index is 0.141. The second kappa shape index (κ2) is 4.90. The molecule has 0 heterocycles. The van der Waals surface area contributed by atoms with E-state index in [1.165, 1.54) is 27.4 Å². The van der Waals surface area contributed by atoms with Gasteiger partial charge in [-0.15, -0.1) is 0 Å². The molecular formula is C11H10N2O3. The van der Waals surface area contributed by atoms with Gasteiger partial charge in [0.25, 0.3) is 0 Å². The second-order valence-electron chi connectivity index (χ2n) is 2.79. The normalized spacial score (nSPS) is 8.81. The molecule has 5 heteroatoms. The number of benzene rings is 1. The van der Waals surface area contributed by atoms with Crippen molar-refractivity contribution in [2.75, 3.05) is 21.3 Å². The zero-order valence-corrected chi connectivity index (χ0v) is 9.20. The Morgan fingerprint density at radius 2 is 1.56 bits per heavy atom. The van der Waals surface area contributed by atoms with Gasteiger partial charge in [-0.05, 0) is 0 Å². The van der Waals surface area contributed by atoms with Crippen molar-refractivity contribution >= 4 is 0 Å². The maximum absolute atomic E-state index is 8.97. The predicted octanol–water partition coefficient (Wildman–Crippen LogP) is 1.46. The third-order valence-corrected chi connectivity index (χ3v) is 2.06. The Morgan fingerprint density at radius 1 is 0.938 bits per heavy atom. The lowest BCUT2D eigenvalue weighted by atomic mass is 10.1. The maximum Gasteiger partial charge on any atom is 0.204 e. The van der Waals surface area contributed by atoms with Gasteiger partial charge in [0.2, 0.25) is 5.75 Å². The van der Waals surface area contributed by atoms with E-state index < -0.39 is 0 Å². The van der Waals surface area contributed by atoms with E-state index in [1.807, 2.05) is 12.1 Å². The summed E-state index contributed by atoms with van der Waals surface area (Å²) in [5.74, 6) is 0.872. The van der Waals surface area contributed by atoms with Crippen molar-refractivity contribution in [2.45, 2.75) is 0 Å². The Bertz CT molecular complexity index is 483. The summed E-state index contributed by atoms with van der Waals surface area (Å²) >= 11 is 0. The summed E-state index contributed by atoms with van der Waals surface area (Å²) in [7, 11) is 4.29. The molecule has 82 valence electrons. The van der Waals surface area contributed by atoms with Crippen LogP contribution in [0.3, 0.4) is 0 Å². The van der Waals surface area contributed by atoms with E-state index in [0.29, 0.717) is 11.5 Å². The van der Waals surface area contributed by atoms with Crippen LogP contribution in [0.1, 0.15) is 11.1 Å². The summed E-state index contributed by atoms with van der Waals surface area (Å²) in [4.78, 5) is 0. The standard InChI is InChI=1S/C11H10N2O3/c1-14-9-4-7(5-12)8(6-13)10(15-2)11(9)16-3/h4H,1-3H3. The van der Waals surface area contributed by atoms with Crippen LogP contribution in [0.2, 0.25) is 0 Å². The first kappa shape index (κ1) is 11.7. The molecule has 0 bridgehead atoms. The van der Waals surface area contributed by atoms with Gasteiger partial charge in [-0.1, -0.05) is 0 Å². The molecule has 0 atom stereocenters. The zero-order chi connectivity index (χ0) is 12.1. The molecule has 0 aliphatic carbocycles. The van der Waals surface area contributed by atoms with Crippen LogP contribution in [0.15, 0.2) is 6.07 Å². The Morgan fingerprint density at radius 3 is 1.94 bits per heavy atom. The van der Waals surface area contributed by atoms with E-state index in [-0.39, 0.29) is 16.9 Å². The number of nitriles is 2. The lowest BCUT2D eigenvalue weighted by molar-refractivity contribution is 0.323. The summed E-state index contributed by atoms with van der Waals surface area (Å²) < 4.78 is 15.2. The molecule has 16 heavy (non-hydrogen) atoms. The van der Waals surface area contributed by atoms with Crippen LogP contribution in [0.5, 0.6) is 17.2 Å². The molecule has 0 aliphatic heterocycles. The van der Waals surface area contributed by atoms with Crippen molar-refractivity contribution < 1.29 is 14.2 Å². The first-order valence-electron chi connectivity index (χ1n) is 4.36. The second-order valence-corrected chi connectivity index (χ2v) is 2.79. The third-order valence-electron chi connectivity index (χ3n) is 2.06. The lowest BCUT2D eigenvalue weighted by Crippen LogP contribution is -1.99. The highest BCUT2D eigenvalue weighted by molar-refractivity contribution is 5.66. The van der Waals surface area contributed by atoms with Gasteiger partial charge in [-0.2, -0.15) is 10.5 Å². The van der Waals surface area contributed by atoms with Gasteiger partial charge in [-0.3, -0.25) is 0 Å². The van der Waals surface area contributed by atoms with Gasteiger partial charge < -0.3 is 14.2 Å². The first-order chi connectivity index (χ1) is 7.73. The molecular weight excluding hydrogens is 208 g/mol. The summed E-state index contributed by atoms with van der Waals surface area (Å²) in [5.41, 5.74) is 0.333. The average Bonchev–Trinajstić information content (AvgIpc) is 2.35. The van der Waals surface area contributed by atoms with Crippen LogP contribution < -0.4 is 14.2 Å². The van der Waals surface area contributed by atoms with Gasteiger partial charge in [0, 0.05) is 6.07 Å². The van der Waals surface area contributed by atoms with Gasteiger partial charge in [0.15, 0.2) is 11.5 Å². The first-order valence-corrected chi connectivity index (χ1v) is 4.36. The zero-order valence-electron chi connectivity index (χ0n) is 9.20. The third kappa shape index (κ3) is 1.71. The Hall–Kier alpha value is -2.40. The highest BCUT2D eigenvalue weighted by Crippen LogP contribution is 2.41. The number of ether oxygens (including phenoxy) is 3. The molecule has 0 amide bonds. The number of methoxy groups -OCH3 is 3. The van der Waals surface area contributed by atoms with Crippen LogP contribution in [-0.2, 0) is 0 Å². The highest BCUT2D eigenvalue weighted by Gasteiger charge is 2.20. The molecule has 1 rings (SSSR count). The monoisotopic (exact) mass is 218 g/mol. The Labute approximate surface area is 93.4 Å². The van der Waals surface area contributed by atoms with Gasteiger partial charge in [0.05, 0.1) is 26.9 Å². The summed E-state index contributed by atoms with van der Waals surface area (Å²) in [6.45, 7) is 0. The molecule has 0 aliphatic rings. The maximum atomic E-state index is 8.97. The fraction of sp³-hybridized carbons (Fsp3) is 0.273. The predicted molar refractivity (Wildman–Crippen MR) is 55.5 cm³/mol. The molecule has 0 spiro atoms. The van der Waals surface area contributed by atoms with Crippen LogP contribution in [0, 0.1) is 22.7 Å². The molecule has 0 N–H and O–H groups in total. The van der Waals surface area contributed by atoms with E-state index in [2.05, 4.69) is 0 Å². The van der Waals surface area contributed by atoms with Crippen molar-refractivity contribution in [3.63, 3.8) is 0 Å². The van der Waals surface area contributed by atoms with Crippen molar-refractivity contribution in [1.29, 1.82) is 10.5 Å². The van der Waals surface area contributed by atoms with Crippen LogP contribution >= 0.6 is 0 Å². The minimum absolute atomic E-state index is 0.141. The molecule has 5 nitrogen and oxygen atoms in total. The van der Waals surface area contributed by atoms with E-state index >= 15 is 0 Å². The van der Waals surface area contributed by atoms with Crippen molar-refractivity contribution in [2.24, 2.45) is 0 Å². The topological polar surface area (TPSA) is 75.3 Å². The highest BCUT2D eigenvalue weighted by atomic mass is 16.5. The smallest absolute Gasteiger partial charge is 0.204 e. The van der Waals surface area contributed by atoms with Crippen molar-refractivity contribution in [3.8, 4) is 29.4 Å². The molecule has 0 aromatic heterocycles. The quantitative estimate of drug-likeness (QED) is 0.767. The molecule has 0 saturated carbocycles. The number of hydrogen-bond acceptors (Lipinski definition) is 5. The van der Waals surface area contributed by atoms with E-state index in [4.69, 9.17) is 24.7 Å². The van der Waals surface area contributed by atoms with Crippen molar-refractivity contribution in [1.82, 2.24) is 0 Å². The number of hydrogen-bond donors (Lipinski definition) is 0. The van der Waals surface area contributed by atoms with Crippen LogP contribution in [-0.4, -0.2) is 21.3 Å². The van der Waals surface area contributed by atoms with E-state index in [9.17, 15) is 0 Å². The molecule has 0 radical (unpaired) electrons. The summed E-state index contributed by atoms with van der Waals surface area (Å²) in [6.07, 6.45) is 0. The van der Waals surface area contributed by atoms with Crippen LogP contribution in [0.4, 0.5) is 0 Å². The number of nitrogens with zero attached hydrogens (tertiary/aromatic N) is 2. The van der Waals surface area contributed by atoms with Gasteiger partial charge >= 0.3 is 0 Å². The molecule has 1 aromatic rings. The minimum Gasteiger partial charge on any atom is -0.493 e. The summed E-state index contributed by atoms with van der Waals surface area (Å²) in [6, 6.07) is 5.26. The lowest BCUT2D eigenvalue weighted by Gasteiger charge is -2.13. The SMILES string of the molecule is COc1cc(C#N)c(C#N)c(OC)c1OC. The number of rotatable bonds is 3. The molecule has 0 unspecified atom stereocenters. The average molecular weight is 218 g/mol. The van der Waals surface area contributed by atoms with Crippen molar-refractivity contribution in [3.05, 3.63) is 17.2 Å². The van der Waals surface area contributed by atoms with Gasteiger partial charge in [0.1, 0.15) is 17.7 Å². The fourth-order valence-corrected chi connectivity index (χ4v) is 1.36. The van der Waals surface area contributed by atoms with Crippen LogP contribution in [0.25, 0.3) is 0 Å². The van der Waals surface area contributed by atoms with E-state index in [0.717, 1.165) is 0 Å². The Balaban J connectivity index is 3.64. The summed E-state index contributed by atoms with van der Waals surface area (Å²) in [5, 5.41) is 17.9. The Kier molecular flexibility index (Phi) is 3.58.